The van der Waals surface area contributed by atoms with Gasteiger partial charge in [0.05, 0.1) is 38.4 Å². The number of hydrogen-bond acceptors (Lipinski definition) is 5. The summed E-state index contributed by atoms with van der Waals surface area (Å²) in [5, 5.41) is 3.20. The standard InChI is InChI=1S/C27H29N3O4/c1-5-30-22-14-10-9-13-20(22)28-26(30)21(15-18-11-7-6-8-12-18)29-27(31)19-16-23(32-2)25(34-4)24(17-19)33-3/h6-14,16-17,21H,5,15H2,1-4H3,(H,29,31)/t21-/m0/s1. The van der Waals surface area contributed by atoms with Gasteiger partial charge in [0.2, 0.25) is 5.75 Å². The number of fused-ring (bicyclic) bond motifs is 1. The Kier molecular flexibility index (Phi) is 7.01. The molecule has 176 valence electrons. The van der Waals surface area contributed by atoms with Gasteiger partial charge < -0.3 is 24.1 Å². The summed E-state index contributed by atoms with van der Waals surface area (Å²) >= 11 is 0. The van der Waals surface area contributed by atoms with Gasteiger partial charge in [-0.1, -0.05) is 42.5 Å². The number of hydrogen-bond donors (Lipinski definition) is 1. The van der Waals surface area contributed by atoms with Crippen LogP contribution >= 0.6 is 0 Å². The van der Waals surface area contributed by atoms with E-state index >= 15 is 0 Å². The van der Waals surface area contributed by atoms with Crippen LogP contribution in [0.15, 0.2) is 66.7 Å². The van der Waals surface area contributed by atoms with E-state index in [-0.39, 0.29) is 11.9 Å². The number of nitrogens with zero attached hydrogens (tertiary/aromatic N) is 2. The van der Waals surface area contributed by atoms with Crippen LogP contribution in [0.1, 0.15) is 34.7 Å². The van der Waals surface area contributed by atoms with Crippen molar-refractivity contribution in [1.82, 2.24) is 14.9 Å². The van der Waals surface area contributed by atoms with Crippen molar-refractivity contribution in [3.05, 3.63) is 83.7 Å². The lowest BCUT2D eigenvalue weighted by atomic mass is 10.0. The monoisotopic (exact) mass is 459 g/mol. The van der Waals surface area contributed by atoms with E-state index in [0.717, 1.165) is 29.0 Å². The first-order valence-corrected chi connectivity index (χ1v) is 11.2. The number of ether oxygens (including phenoxy) is 3. The van der Waals surface area contributed by atoms with Crippen LogP contribution in [0.25, 0.3) is 11.0 Å². The number of para-hydroxylation sites is 2. The molecule has 34 heavy (non-hydrogen) atoms. The molecule has 4 rings (SSSR count). The molecule has 7 nitrogen and oxygen atoms in total. The predicted molar refractivity (Wildman–Crippen MR) is 132 cm³/mol. The van der Waals surface area contributed by atoms with Crippen molar-refractivity contribution in [1.29, 1.82) is 0 Å². The molecule has 0 bridgehead atoms. The molecule has 0 aliphatic heterocycles. The molecule has 0 aliphatic rings. The van der Waals surface area contributed by atoms with E-state index in [1.54, 1.807) is 12.1 Å². The topological polar surface area (TPSA) is 74.6 Å². The number of methoxy groups -OCH3 is 3. The number of amides is 1. The van der Waals surface area contributed by atoms with Crippen molar-refractivity contribution in [3.8, 4) is 17.2 Å². The van der Waals surface area contributed by atoms with Gasteiger partial charge in [-0.3, -0.25) is 4.79 Å². The molecule has 1 amide bonds. The van der Waals surface area contributed by atoms with Crippen molar-refractivity contribution in [3.63, 3.8) is 0 Å². The summed E-state index contributed by atoms with van der Waals surface area (Å²) in [6, 6.07) is 21.1. The quantitative estimate of drug-likeness (QED) is 0.389. The van der Waals surface area contributed by atoms with Crippen LogP contribution in [0.2, 0.25) is 0 Å². The first kappa shape index (κ1) is 23.2. The van der Waals surface area contributed by atoms with Gasteiger partial charge in [-0.25, -0.2) is 4.98 Å². The van der Waals surface area contributed by atoms with Gasteiger partial charge in [0.15, 0.2) is 11.5 Å². The van der Waals surface area contributed by atoms with Gasteiger partial charge in [-0.2, -0.15) is 0 Å². The SMILES string of the molecule is CCn1c([C@H](Cc2ccccc2)NC(=O)c2cc(OC)c(OC)c(OC)c2)nc2ccccc21. The Morgan fingerprint density at radius 2 is 1.59 bits per heavy atom. The third-order valence-corrected chi connectivity index (χ3v) is 5.83. The highest BCUT2D eigenvalue weighted by molar-refractivity contribution is 5.96. The molecule has 7 heteroatoms. The third kappa shape index (κ3) is 4.55. The second-order valence-electron chi connectivity index (χ2n) is 7.83. The minimum Gasteiger partial charge on any atom is -0.493 e. The number of carbonyl (C=O) groups excluding carboxylic acids is 1. The van der Waals surface area contributed by atoms with Gasteiger partial charge in [-0.15, -0.1) is 0 Å². The maximum atomic E-state index is 13.5. The summed E-state index contributed by atoms with van der Waals surface area (Å²) < 4.78 is 18.4. The largest absolute Gasteiger partial charge is 0.493 e. The van der Waals surface area contributed by atoms with E-state index < -0.39 is 0 Å². The van der Waals surface area contributed by atoms with E-state index in [1.165, 1.54) is 21.3 Å². The van der Waals surface area contributed by atoms with E-state index in [1.807, 2.05) is 36.4 Å². The minimum atomic E-state index is -0.346. The fourth-order valence-corrected chi connectivity index (χ4v) is 4.20. The molecule has 1 N–H and O–H groups in total. The average molecular weight is 460 g/mol. The maximum absolute atomic E-state index is 13.5. The van der Waals surface area contributed by atoms with Crippen LogP contribution in [0.3, 0.4) is 0 Å². The Labute approximate surface area is 199 Å². The number of aromatic nitrogens is 2. The summed E-state index contributed by atoms with van der Waals surface area (Å²) in [5.74, 6) is 1.85. The molecule has 3 aromatic carbocycles. The lowest BCUT2D eigenvalue weighted by Crippen LogP contribution is -2.32. The molecule has 4 aromatic rings. The molecular weight excluding hydrogens is 430 g/mol. The number of carbonyl (C=O) groups is 1. The summed E-state index contributed by atoms with van der Waals surface area (Å²) in [7, 11) is 4.59. The van der Waals surface area contributed by atoms with Gasteiger partial charge >= 0.3 is 0 Å². The van der Waals surface area contributed by atoms with E-state index in [0.29, 0.717) is 29.2 Å². The molecular formula is C27H29N3O4. The Balaban J connectivity index is 1.75. The fraction of sp³-hybridized carbons (Fsp3) is 0.259. The van der Waals surface area contributed by atoms with Crippen LogP contribution in [0.4, 0.5) is 0 Å². The van der Waals surface area contributed by atoms with E-state index in [2.05, 4.69) is 35.0 Å². The van der Waals surface area contributed by atoms with Crippen LogP contribution < -0.4 is 19.5 Å². The van der Waals surface area contributed by atoms with Gasteiger partial charge in [-0.05, 0) is 43.2 Å². The molecule has 0 radical (unpaired) electrons. The highest BCUT2D eigenvalue weighted by Gasteiger charge is 2.24. The molecule has 1 heterocycles. The Hall–Kier alpha value is -4.00. The van der Waals surface area contributed by atoms with Crippen molar-refractivity contribution in [2.45, 2.75) is 25.9 Å². The van der Waals surface area contributed by atoms with Gasteiger partial charge in [0.25, 0.3) is 5.91 Å². The summed E-state index contributed by atoms with van der Waals surface area (Å²) in [6.45, 7) is 2.82. The number of imidazole rings is 1. The predicted octanol–water partition coefficient (Wildman–Crippen LogP) is 4.80. The number of benzene rings is 3. The lowest BCUT2D eigenvalue weighted by molar-refractivity contribution is 0.0933. The maximum Gasteiger partial charge on any atom is 0.252 e. The highest BCUT2D eigenvalue weighted by Crippen LogP contribution is 2.38. The number of aryl methyl sites for hydroxylation is 1. The lowest BCUT2D eigenvalue weighted by Gasteiger charge is -2.21. The Bertz CT molecular complexity index is 1260. The molecule has 1 aromatic heterocycles. The Morgan fingerprint density at radius 1 is 0.941 bits per heavy atom. The summed E-state index contributed by atoms with van der Waals surface area (Å²) in [4.78, 5) is 18.4. The van der Waals surface area contributed by atoms with Crippen LogP contribution in [0, 0.1) is 0 Å². The molecule has 0 spiro atoms. The molecule has 0 unspecified atom stereocenters. The second-order valence-corrected chi connectivity index (χ2v) is 7.83. The molecule has 0 saturated carbocycles. The zero-order chi connectivity index (χ0) is 24.1. The smallest absolute Gasteiger partial charge is 0.252 e. The van der Waals surface area contributed by atoms with Gasteiger partial charge in [0, 0.05) is 12.1 Å². The van der Waals surface area contributed by atoms with Crippen molar-refractivity contribution in [2.75, 3.05) is 21.3 Å². The third-order valence-electron chi connectivity index (χ3n) is 5.83. The van der Waals surface area contributed by atoms with Crippen molar-refractivity contribution in [2.24, 2.45) is 0 Å². The molecule has 0 saturated heterocycles. The van der Waals surface area contributed by atoms with E-state index in [9.17, 15) is 4.79 Å². The van der Waals surface area contributed by atoms with Crippen molar-refractivity contribution < 1.29 is 19.0 Å². The van der Waals surface area contributed by atoms with Crippen LogP contribution in [-0.2, 0) is 13.0 Å². The van der Waals surface area contributed by atoms with Crippen molar-refractivity contribution >= 4 is 16.9 Å². The number of nitrogens with one attached hydrogen (secondary N) is 1. The highest BCUT2D eigenvalue weighted by atomic mass is 16.5. The normalized spacial score (nSPS) is 11.8. The summed E-state index contributed by atoms with van der Waals surface area (Å²) in [5.41, 5.74) is 3.46. The van der Waals surface area contributed by atoms with Gasteiger partial charge in [0.1, 0.15) is 5.82 Å². The average Bonchev–Trinajstić information content (AvgIpc) is 3.26. The summed E-state index contributed by atoms with van der Waals surface area (Å²) in [6.07, 6.45) is 0.598. The zero-order valence-electron chi connectivity index (χ0n) is 19.9. The second kappa shape index (κ2) is 10.3. The number of rotatable bonds is 9. The first-order valence-electron chi connectivity index (χ1n) is 11.2. The first-order chi connectivity index (χ1) is 16.6. The zero-order valence-corrected chi connectivity index (χ0v) is 19.9. The Morgan fingerprint density at radius 3 is 2.21 bits per heavy atom. The fourth-order valence-electron chi connectivity index (χ4n) is 4.20. The molecule has 1 atom stereocenters. The van der Waals surface area contributed by atoms with E-state index in [4.69, 9.17) is 19.2 Å². The minimum absolute atomic E-state index is 0.255. The molecule has 0 fully saturated rings. The van der Waals surface area contributed by atoms with Crippen LogP contribution in [0.5, 0.6) is 17.2 Å². The molecule has 0 aliphatic carbocycles. The van der Waals surface area contributed by atoms with Crippen LogP contribution in [-0.4, -0.2) is 36.8 Å².